The van der Waals surface area contributed by atoms with Gasteiger partial charge in [-0.3, -0.25) is 14.4 Å². The van der Waals surface area contributed by atoms with E-state index >= 15 is 0 Å². The first-order chi connectivity index (χ1) is 16.4. The number of likely N-dealkylation sites (tertiary alicyclic amines) is 1. The van der Waals surface area contributed by atoms with Gasteiger partial charge >= 0.3 is 0 Å². The van der Waals surface area contributed by atoms with Crippen molar-refractivity contribution in [3.8, 4) is 0 Å². The Kier molecular flexibility index (Phi) is 6.00. The average molecular weight is 462 g/mol. The van der Waals surface area contributed by atoms with Gasteiger partial charge in [0.25, 0.3) is 11.8 Å². The largest absolute Gasteiger partial charge is 0.358 e. The number of aromatic amines is 1. The summed E-state index contributed by atoms with van der Waals surface area (Å²) in [5, 5.41) is 5.64. The quantitative estimate of drug-likeness (QED) is 0.596. The molecule has 2 aromatic rings. The normalized spacial score (nSPS) is 19.2. The van der Waals surface area contributed by atoms with Crippen LogP contribution in [0.25, 0.3) is 11.6 Å². The molecule has 8 heteroatoms. The molecule has 0 radical (unpaired) electrons. The molecule has 0 spiro atoms. The number of fused-ring (bicyclic) bond motifs is 2. The Bertz CT molecular complexity index is 1190. The molecule has 5 rings (SSSR count). The number of benzene rings is 1. The molecule has 1 aromatic carbocycles. The van der Waals surface area contributed by atoms with Crippen LogP contribution in [-0.4, -0.2) is 65.2 Å². The monoisotopic (exact) mass is 461 g/mol. The maximum Gasteiger partial charge on any atom is 0.256 e. The van der Waals surface area contributed by atoms with Gasteiger partial charge < -0.3 is 25.4 Å². The predicted octanol–water partition coefficient (Wildman–Crippen LogP) is 3.26. The molecule has 3 N–H and O–H groups in total. The maximum atomic E-state index is 13.3. The first-order valence-corrected chi connectivity index (χ1v) is 12.1. The first-order valence-electron chi connectivity index (χ1n) is 12.1. The minimum atomic E-state index is -0.198. The molecule has 1 saturated heterocycles. The van der Waals surface area contributed by atoms with E-state index in [-0.39, 0.29) is 17.7 Å². The molecule has 1 fully saturated rings. The van der Waals surface area contributed by atoms with Crippen molar-refractivity contribution >= 4 is 40.7 Å². The highest BCUT2D eigenvalue weighted by molar-refractivity contribution is 6.35. The number of carbonyl (C=O) groups is 3. The summed E-state index contributed by atoms with van der Waals surface area (Å²) < 4.78 is 0. The highest BCUT2D eigenvalue weighted by Gasteiger charge is 2.31. The van der Waals surface area contributed by atoms with Gasteiger partial charge in [-0.15, -0.1) is 0 Å². The number of nitrogens with zero attached hydrogens (tertiary/aromatic N) is 2. The maximum absolute atomic E-state index is 13.3. The van der Waals surface area contributed by atoms with Gasteiger partial charge in [0.05, 0.1) is 11.1 Å². The van der Waals surface area contributed by atoms with Crippen molar-refractivity contribution in [3.05, 3.63) is 46.3 Å². The van der Waals surface area contributed by atoms with E-state index in [0.29, 0.717) is 23.5 Å². The lowest BCUT2D eigenvalue weighted by molar-refractivity contribution is -0.114. The van der Waals surface area contributed by atoms with Crippen molar-refractivity contribution < 1.29 is 14.4 Å². The van der Waals surface area contributed by atoms with Crippen LogP contribution in [0.3, 0.4) is 0 Å². The molecule has 3 aliphatic heterocycles. The molecule has 34 heavy (non-hydrogen) atoms. The van der Waals surface area contributed by atoms with Crippen molar-refractivity contribution in [2.45, 2.75) is 39.5 Å². The fourth-order valence-corrected chi connectivity index (χ4v) is 5.22. The number of hydrogen-bond donors (Lipinski definition) is 3. The fourth-order valence-electron chi connectivity index (χ4n) is 5.22. The van der Waals surface area contributed by atoms with Crippen LogP contribution in [0.1, 0.15) is 59.1 Å². The Hall–Kier alpha value is -3.39. The summed E-state index contributed by atoms with van der Waals surface area (Å²) in [6.07, 6.45) is 6.39. The number of rotatable bonds is 5. The highest BCUT2D eigenvalue weighted by atomic mass is 16.2. The summed E-state index contributed by atoms with van der Waals surface area (Å²) in [6, 6.07) is 5.35. The zero-order valence-electron chi connectivity index (χ0n) is 19.8. The number of piperidine rings is 1. The van der Waals surface area contributed by atoms with Crippen molar-refractivity contribution in [1.29, 1.82) is 0 Å². The van der Waals surface area contributed by atoms with Crippen LogP contribution < -0.4 is 10.6 Å². The third-order valence-corrected chi connectivity index (χ3v) is 7.05. The lowest BCUT2D eigenvalue weighted by Crippen LogP contribution is -2.43. The number of amides is 3. The predicted molar refractivity (Wildman–Crippen MR) is 133 cm³/mol. The fraction of sp³-hybridized carbons (Fsp3) is 0.423. The molecule has 0 atom stereocenters. The van der Waals surface area contributed by atoms with Crippen molar-refractivity contribution in [3.63, 3.8) is 0 Å². The summed E-state index contributed by atoms with van der Waals surface area (Å²) >= 11 is 0. The van der Waals surface area contributed by atoms with Crippen LogP contribution >= 0.6 is 0 Å². The standard InChI is InChI=1S/C26H31N5O3/c1-16-23(15-20-19-14-18(27-17(2)32)6-7-21(19)29-25(20)33)28-22-8-11-31(26(34)24(16)22)13-12-30-9-4-3-5-10-30/h6-7,14-15,28H,3-5,8-13H2,1-2H3,(H,27,32)(H,29,33). The number of anilines is 2. The number of nitrogens with one attached hydrogen (secondary N) is 3. The van der Waals surface area contributed by atoms with Gasteiger partial charge in [-0.05, 0) is 62.7 Å². The van der Waals surface area contributed by atoms with Gasteiger partial charge in [0.2, 0.25) is 5.91 Å². The van der Waals surface area contributed by atoms with Gasteiger partial charge in [0.1, 0.15) is 0 Å². The van der Waals surface area contributed by atoms with Crippen molar-refractivity contribution in [1.82, 2.24) is 14.8 Å². The van der Waals surface area contributed by atoms with Gasteiger partial charge in [-0.25, -0.2) is 0 Å². The molecule has 8 nitrogen and oxygen atoms in total. The third kappa shape index (κ3) is 4.25. The van der Waals surface area contributed by atoms with Crippen LogP contribution in [0.5, 0.6) is 0 Å². The second-order valence-corrected chi connectivity index (χ2v) is 9.42. The Morgan fingerprint density at radius 3 is 2.68 bits per heavy atom. The lowest BCUT2D eigenvalue weighted by Gasteiger charge is -2.32. The number of aromatic nitrogens is 1. The Labute approximate surface area is 199 Å². The molecule has 0 unspecified atom stereocenters. The van der Waals surface area contributed by atoms with E-state index in [1.54, 1.807) is 18.2 Å². The summed E-state index contributed by atoms with van der Waals surface area (Å²) in [5.74, 6) is -0.295. The highest BCUT2D eigenvalue weighted by Crippen LogP contribution is 2.36. The minimum absolute atomic E-state index is 0.0703. The molecule has 0 bridgehead atoms. The van der Waals surface area contributed by atoms with Crippen LogP contribution in [0.15, 0.2) is 18.2 Å². The average Bonchev–Trinajstić information content (AvgIpc) is 3.30. The van der Waals surface area contributed by atoms with Crippen LogP contribution in [0, 0.1) is 6.92 Å². The minimum Gasteiger partial charge on any atom is -0.358 e. The van der Waals surface area contributed by atoms with E-state index < -0.39 is 0 Å². The summed E-state index contributed by atoms with van der Waals surface area (Å²) in [7, 11) is 0. The summed E-state index contributed by atoms with van der Waals surface area (Å²) in [5.41, 5.74) is 5.91. The van der Waals surface area contributed by atoms with Crippen LogP contribution in [0.2, 0.25) is 0 Å². The van der Waals surface area contributed by atoms with E-state index in [1.807, 2.05) is 17.9 Å². The molecule has 1 aromatic heterocycles. The zero-order chi connectivity index (χ0) is 23.8. The summed E-state index contributed by atoms with van der Waals surface area (Å²) in [4.78, 5) is 45.3. The Morgan fingerprint density at radius 2 is 1.91 bits per heavy atom. The second-order valence-electron chi connectivity index (χ2n) is 9.42. The number of hydrogen-bond acceptors (Lipinski definition) is 4. The molecule has 0 aliphatic carbocycles. The van der Waals surface area contributed by atoms with E-state index in [9.17, 15) is 14.4 Å². The molecule has 3 amide bonds. The Balaban J connectivity index is 1.39. The van der Waals surface area contributed by atoms with Crippen molar-refractivity contribution in [2.24, 2.45) is 0 Å². The summed E-state index contributed by atoms with van der Waals surface area (Å²) in [6.45, 7) is 8.03. The molecule has 178 valence electrons. The zero-order valence-corrected chi connectivity index (χ0v) is 19.8. The van der Waals surface area contributed by atoms with E-state index in [4.69, 9.17) is 0 Å². The molecule has 4 heterocycles. The first kappa shape index (κ1) is 22.4. The SMILES string of the molecule is CC(=O)Nc1ccc2c(c1)C(=Cc1[nH]c3c(c1C)C(=O)N(CCN1CCCCC1)CC3)C(=O)N2. The van der Waals surface area contributed by atoms with Gasteiger partial charge in [-0.2, -0.15) is 0 Å². The van der Waals surface area contributed by atoms with Gasteiger partial charge in [-0.1, -0.05) is 6.42 Å². The van der Waals surface area contributed by atoms with Crippen LogP contribution in [0.4, 0.5) is 11.4 Å². The lowest BCUT2D eigenvalue weighted by atomic mass is 10.0. The third-order valence-electron chi connectivity index (χ3n) is 7.05. The Morgan fingerprint density at radius 1 is 1.12 bits per heavy atom. The van der Waals surface area contributed by atoms with Gasteiger partial charge in [0.15, 0.2) is 0 Å². The van der Waals surface area contributed by atoms with E-state index in [0.717, 1.165) is 60.7 Å². The molecular weight excluding hydrogens is 430 g/mol. The van der Waals surface area contributed by atoms with E-state index in [1.165, 1.54) is 26.2 Å². The van der Waals surface area contributed by atoms with E-state index in [2.05, 4.69) is 20.5 Å². The smallest absolute Gasteiger partial charge is 0.256 e. The molecule has 3 aliphatic rings. The molecule has 0 saturated carbocycles. The van der Waals surface area contributed by atoms with Gasteiger partial charge in [0, 0.05) is 61.3 Å². The van der Waals surface area contributed by atoms with Crippen LogP contribution in [-0.2, 0) is 16.0 Å². The number of H-pyrrole nitrogens is 1. The molecular formula is C26H31N5O3. The topological polar surface area (TPSA) is 97.5 Å². The number of carbonyl (C=O) groups excluding carboxylic acids is 3. The van der Waals surface area contributed by atoms with Crippen molar-refractivity contribution in [2.75, 3.05) is 43.4 Å². The second kappa shape index (κ2) is 9.10.